The number of hydrogen-bond acceptors (Lipinski definition) is 4. The summed E-state index contributed by atoms with van der Waals surface area (Å²) in [6.07, 6.45) is 2.53. The molecule has 43 valence electrons. The van der Waals surface area contributed by atoms with E-state index in [4.69, 9.17) is 0 Å². The van der Waals surface area contributed by atoms with Gasteiger partial charge in [-0.2, -0.15) is 0 Å². The molecule has 0 bridgehead atoms. The number of hydrogen-bond donors (Lipinski definition) is 1. The topological polar surface area (TPSA) is 55.2 Å². The van der Waals surface area contributed by atoms with Crippen LogP contribution in [-0.2, 0) is 0 Å². The van der Waals surface area contributed by atoms with E-state index >= 15 is 0 Å². The second-order valence-corrected chi connectivity index (χ2v) is 1.95. The van der Waals surface area contributed by atoms with E-state index in [1.807, 2.05) is 0 Å². The molecule has 0 aromatic carbocycles. The van der Waals surface area contributed by atoms with Crippen LogP contribution < -0.4 is 4.72 Å². The summed E-state index contributed by atoms with van der Waals surface area (Å²) in [6.45, 7) is 0. The van der Waals surface area contributed by atoms with E-state index in [2.05, 4.69) is 10.8 Å². The van der Waals surface area contributed by atoms with E-state index in [1.165, 1.54) is 11.9 Å². The van der Waals surface area contributed by atoms with Gasteiger partial charge in [-0.05, 0) is 4.92 Å². The minimum Gasteiger partial charge on any atom is -0.358 e. The first-order valence-electron chi connectivity index (χ1n) is 1.94. The third-order valence-electron chi connectivity index (χ3n) is 0.663. The average Bonchev–Trinajstić information content (AvgIpc) is 2.12. The second-order valence-electron chi connectivity index (χ2n) is 1.17. The van der Waals surface area contributed by atoms with Crippen LogP contribution in [0, 0.1) is 16.2 Å². The van der Waals surface area contributed by atoms with Crippen LogP contribution in [0.4, 0.5) is 0 Å². The third kappa shape index (κ3) is 0.919. The summed E-state index contributed by atoms with van der Waals surface area (Å²) in [5, 5.41) is 9.83. The predicted octanol–water partition coefficient (Wildman–Crippen LogP) is 0.159. The second kappa shape index (κ2) is 2.04. The molecule has 1 rings (SSSR count). The van der Waals surface area contributed by atoms with Gasteiger partial charge < -0.3 is 10.1 Å². The van der Waals surface area contributed by atoms with Gasteiger partial charge in [0.15, 0.2) is 0 Å². The van der Waals surface area contributed by atoms with Crippen LogP contribution in [0.2, 0.25) is 0 Å². The van der Waals surface area contributed by atoms with Gasteiger partial charge >= 0.3 is 5.82 Å². The molecule has 0 saturated heterocycles. The van der Waals surface area contributed by atoms with Gasteiger partial charge in [0.05, 0.1) is 23.8 Å². The van der Waals surface area contributed by atoms with E-state index in [9.17, 15) is 10.1 Å². The van der Waals surface area contributed by atoms with Crippen LogP contribution in [0.15, 0.2) is 5.82 Å². The third-order valence-corrected chi connectivity index (χ3v) is 1.29. The normalized spacial score (nSPS) is 17.2. The molecular formula is C3H3N2O2S. The zero-order chi connectivity index (χ0) is 5.98. The average molecular weight is 131 g/mol. The van der Waals surface area contributed by atoms with Crippen molar-refractivity contribution in [2.24, 2.45) is 0 Å². The van der Waals surface area contributed by atoms with Crippen LogP contribution in [0.5, 0.6) is 0 Å². The Morgan fingerprint density at radius 1 is 2.00 bits per heavy atom. The van der Waals surface area contributed by atoms with Crippen molar-refractivity contribution in [3.8, 4) is 0 Å². The molecule has 1 aliphatic heterocycles. The Morgan fingerprint density at radius 3 is 3.00 bits per heavy atom. The quantitative estimate of drug-likeness (QED) is 0.313. The Morgan fingerprint density at radius 2 is 2.75 bits per heavy atom. The Hall–Kier alpha value is -0.710. The minimum absolute atomic E-state index is 0.0185. The highest BCUT2D eigenvalue weighted by Crippen LogP contribution is 2.07. The fourth-order valence-corrected chi connectivity index (χ4v) is 0.911. The van der Waals surface area contributed by atoms with Crippen molar-refractivity contribution in [3.63, 3.8) is 0 Å². The SMILES string of the molecule is O=[N+]([O-])C1=[C]CSN1. The molecule has 1 N–H and O–H groups in total. The summed E-state index contributed by atoms with van der Waals surface area (Å²) in [5.41, 5.74) is 0. The molecule has 0 atom stereocenters. The first-order valence-corrected chi connectivity index (χ1v) is 2.92. The molecule has 0 amide bonds. The molecule has 1 heterocycles. The van der Waals surface area contributed by atoms with E-state index in [0.29, 0.717) is 5.75 Å². The minimum atomic E-state index is -0.486. The molecule has 0 spiro atoms. The lowest BCUT2D eigenvalue weighted by Gasteiger charge is -1.90. The van der Waals surface area contributed by atoms with Crippen LogP contribution >= 0.6 is 11.9 Å². The van der Waals surface area contributed by atoms with E-state index < -0.39 is 4.92 Å². The van der Waals surface area contributed by atoms with Crippen molar-refractivity contribution in [3.05, 3.63) is 22.0 Å². The Balaban J connectivity index is 2.57. The van der Waals surface area contributed by atoms with Crippen molar-refractivity contribution < 1.29 is 4.92 Å². The smallest absolute Gasteiger partial charge is 0.332 e. The molecule has 1 aliphatic rings. The first-order chi connectivity index (χ1) is 3.80. The van der Waals surface area contributed by atoms with Crippen LogP contribution in [-0.4, -0.2) is 10.7 Å². The lowest BCUT2D eigenvalue weighted by atomic mass is 10.6. The maximum absolute atomic E-state index is 9.83. The van der Waals surface area contributed by atoms with Gasteiger partial charge in [-0.1, -0.05) is 0 Å². The molecule has 5 heteroatoms. The molecule has 1 radical (unpaired) electrons. The predicted molar refractivity (Wildman–Crippen MR) is 29.3 cm³/mol. The summed E-state index contributed by atoms with van der Waals surface area (Å²) >= 11 is 1.27. The van der Waals surface area contributed by atoms with Crippen LogP contribution in [0.1, 0.15) is 0 Å². The zero-order valence-electron chi connectivity index (χ0n) is 3.88. The van der Waals surface area contributed by atoms with Gasteiger partial charge in [0.2, 0.25) is 0 Å². The van der Waals surface area contributed by atoms with Gasteiger partial charge in [0.25, 0.3) is 0 Å². The van der Waals surface area contributed by atoms with Gasteiger partial charge in [-0.25, -0.2) is 4.72 Å². The van der Waals surface area contributed by atoms with Crippen molar-refractivity contribution in [2.45, 2.75) is 0 Å². The summed E-state index contributed by atoms with van der Waals surface area (Å²) in [5.74, 6) is 0.547. The highest BCUT2D eigenvalue weighted by Gasteiger charge is 2.14. The molecular weight excluding hydrogens is 128 g/mol. The molecule has 0 aromatic rings. The van der Waals surface area contributed by atoms with Gasteiger partial charge in [-0.3, -0.25) is 0 Å². The molecule has 0 aliphatic carbocycles. The van der Waals surface area contributed by atoms with Gasteiger partial charge in [0.1, 0.15) is 0 Å². The number of nitrogens with zero attached hydrogens (tertiary/aromatic N) is 1. The molecule has 8 heavy (non-hydrogen) atoms. The van der Waals surface area contributed by atoms with Crippen LogP contribution in [0.3, 0.4) is 0 Å². The van der Waals surface area contributed by atoms with Crippen molar-refractivity contribution in [1.29, 1.82) is 0 Å². The molecule has 0 aromatic heterocycles. The van der Waals surface area contributed by atoms with Crippen molar-refractivity contribution in [2.75, 3.05) is 5.75 Å². The summed E-state index contributed by atoms with van der Waals surface area (Å²) in [6, 6.07) is 0. The highest BCUT2D eigenvalue weighted by atomic mass is 32.2. The maximum Gasteiger partial charge on any atom is 0.332 e. The monoisotopic (exact) mass is 131 g/mol. The number of rotatable bonds is 1. The van der Waals surface area contributed by atoms with E-state index in [1.54, 1.807) is 0 Å². The van der Waals surface area contributed by atoms with Crippen molar-refractivity contribution in [1.82, 2.24) is 4.72 Å². The molecule has 0 saturated carbocycles. The highest BCUT2D eigenvalue weighted by molar-refractivity contribution is 7.97. The zero-order valence-corrected chi connectivity index (χ0v) is 4.70. The fraction of sp³-hybridized carbons (Fsp3) is 0.333. The molecule has 4 nitrogen and oxygen atoms in total. The standard InChI is InChI=1S/C3H3N2O2S/c6-5(7)3-1-2-8-4-3/h4H,2H2. The lowest BCUT2D eigenvalue weighted by Crippen LogP contribution is -2.07. The fourth-order valence-electron chi connectivity index (χ4n) is 0.347. The Bertz CT molecular complexity index is 144. The first kappa shape index (κ1) is 5.43. The number of nitrogens with one attached hydrogen (secondary N) is 1. The summed E-state index contributed by atoms with van der Waals surface area (Å²) in [7, 11) is 0. The maximum atomic E-state index is 9.83. The van der Waals surface area contributed by atoms with Gasteiger partial charge in [0, 0.05) is 0 Å². The summed E-state index contributed by atoms with van der Waals surface area (Å²) in [4.78, 5) is 9.35. The van der Waals surface area contributed by atoms with Gasteiger partial charge in [-0.15, -0.1) is 0 Å². The van der Waals surface area contributed by atoms with Crippen molar-refractivity contribution >= 4 is 11.9 Å². The Labute approximate surface area is 50.2 Å². The number of nitro groups is 1. The summed E-state index contributed by atoms with van der Waals surface area (Å²) < 4.78 is 2.48. The van der Waals surface area contributed by atoms with E-state index in [0.717, 1.165) is 0 Å². The van der Waals surface area contributed by atoms with E-state index in [-0.39, 0.29) is 5.82 Å². The lowest BCUT2D eigenvalue weighted by molar-refractivity contribution is -0.429. The molecule has 0 fully saturated rings. The Kier molecular flexibility index (Phi) is 1.38. The largest absolute Gasteiger partial charge is 0.358 e. The van der Waals surface area contributed by atoms with Crippen LogP contribution in [0.25, 0.3) is 0 Å². The molecule has 0 unspecified atom stereocenters.